The highest BCUT2D eigenvalue weighted by atomic mass is 79.9. The second-order valence-corrected chi connectivity index (χ2v) is 4.56. The second-order valence-electron chi connectivity index (χ2n) is 3.71. The topological polar surface area (TPSA) is 9.23 Å². The van der Waals surface area contributed by atoms with Gasteiger partial charge in [-0.25, -0.2) is 0 Å². The molecule has 2 aliphatic rings. The molecular weight excluding hydrogens is 228 g/mol. The summed E-state index contributed by atoms with van der Waals surface area (Å²) < 4.78 is 7.02. The maximum Gasteiger partial charge on any atom is 0.111 e. The van der Waals surface area contributed by atoms with Gasteiger partial charge < -0.3 is 4.74 Å². The van der Waals surface area contributed by atoms with Crippen LogP contribution in [0.4, 0.5) is 0 Å². The zero-order valence-corrected chi connectivity index (χ0v) is 8.84. The Hall–Kier alpha value is -0.600. The summed E-state index contributed by atoms with van der Waals surface area (Å²) in [5, 5.41) is 0. The predicted molar refractivity (Wildman–Crippen MR) is 54.5 cm³/mol. The van der Waals surface area contributed by atoms with Gasteiger partial charge in [-0.3, -0.25) is 0 Å². The lowest BCUT2D eigenvalue weighted by Crippen LogP contribution is -2.15. The Morgan fingerprint density at radius 3 is 3.08 bits per heavy atom. The maximum absolute atomic E-state index is 5.87. The molecule has 0 aromatic heterocycles. The van der Waals surface area contributed by atoms with Crippen molar-refractivity contribution in [2.45, 2.75) is 18.6 Å². The third kappa shape index (κ3) is 0.851. The summed E-state index contributed by atoms with van der Waals surface area (Å²) >= 11 is 3.57. The van der Waals surface area contributed by atoms with Crippen molar-refractivity contribution in [2.75, 3.05) is 0 Å². The molecule has 13 heavy (non-hydrogen) atoms. The van der Waals surface area contributed by atoms with E-state index in [9.17, 15) is 0 Å². The molecule has 2 aliphatic heterocycles. The minimum atomic E-state index is -0.194. The van der Waals surface area contributed by atoms with Crippen LogP contribution in [-0.2, 0) is 10.3 Å². The summed E-state index contributed by atoms with van der Waals surface area (Å²) in [6.07, 6.45) is 4.46. The molecule has 0 amide bonds. The van der Waals surface area contributed by atoms with Gasteiger partial charge in [0, 0.05) is 10.0 Å². The number of rotatable bonds is 0. The van der Waals surface area contributed by atoms with Crippen LogP contribution in [0.5, 0.6) is 0 Å². The molecule has 0 N–H and O–H groups in total. The third-order valence-electron chi connectivity index (χ3n) is 2.81. The lowest BCUT2D eigenvalue weighted by molar-refractivity contribution is 0.0110. The normalized spacial score (nSPS) is 33.8. The number of benzene rings is 1. The molecule has 3 rings (SSSR count). The average Bonchev–Trinajstić information content (AvgIpc) is 2.59. The Kier molecular flexibility index (Phi) is 1.35. The first-order valence-electron chi connectivity index (χ1n) is 4.37. The first kappa shape index (κ1) is 7.77. The van der Waals surface area contributed by atoms with Crippen LogP contribution in [0, 0.1) is 0 Å². The molecule has 0 fully saturated rings. The molecule has 0 aliphatic carbocycles. The van der Waals surface area contributed by atoms with E-state index in [-0.39, 0.29) is 11.7 Å². The van der Waals surface area contributed by atoms with Crippen LogP contribution in [0.25, 0.3) is 0 Å². The van der Waals surface area contributed by atoms with Gasteiger partial charge in [0.05, 0.1) is 0 Å². The average molecular weight is 237 g/mol. The molecule has 1 nitrogen and oxygen atoms in total. The molecular formula is C11H9BrO. The summed E-state index contributed by atoms with van der Waals surface area (Å²) in [7, 11) is 0. The Bertz CT molecular complexity index is 411. The van der Waals surface area contributed by atoms with Gasteiger partial charge in [0.2, 0.25) is 0 Å². The standard InChI is InChI=1S/C11H9BrO/c1-11-6-5-9(13-11)7-3-2-4-8(12)10(7)11/h2-6,9H,1H3. The minimum Gasteiger partial charge on any atom is -0.354 e. The molecule has 0 radical (unpaired) electrons. The summed E-state index contributed by atoms with van der Waals surface area (Å²) in [5.41, 5.74) is 2.40. The van der Waals surface area contributed by atoms with E-state index in [1.807, 2.05) is 0 Å². The van der Waals surface area contributed by atoms with E-state index < -0.39 is 0 Å². The van der Waals surface area contributed by atoms with Crippen molar-refractivity contribution in [3.63, 3.8) is 0 Å². The fourth-order valence-corrected chi connectivity index (χ4v) is 3.00. The van der Waals surface area contributed by atoms with Crippen LogP contribution in [0.15, 0.2) is 34.8 Å². The summed E-state index contributed by atoms with van der Waals surface area (Å²) in [6, 6.07) is 6.27. The van der Waals surface area contributed by atoms with Gasteiger partial charge in [-0.2, -0.15) is 0 Å². The zero-order valence-electron chi connectivity index (χ0n) is 7.25. The molecule has 2 bridgehead atoms. The molecule has 2 heteroatoms. The monoisotopic (exact) mass is 236 g/mol. The van der Waals surface area contributed by atoms with Crippen LogP contribution in [0.1, 0.15) is 24.2 Å². The van der Waals surface area contributed by atoms with Crippen LogP contribution in [-0.4, -0.2) is 0 Å². The Morgan fingerprint density at radius 1 is 1.46 bits per heavy atom. The van der Waals surface area contributed by atoms with Crippen molar-refractivity contribution in [3.05, 3.63) is 46.0 Å². The molecule has 2 unspecified atom stereocenters. The number of hydrogen-bond acceptors (Lipinski definition) is 1. The molecule has 0 saturated carbocycles. The quantitative estimate of drug-likeness (QED) is 0.629. The number of ether oxygens (including phenoxy) is 1. The number of hydrogen-bond donors (Lipinski definition) is 0. The van der Waals surface area contributed by atoms with Gasteiger partial charge in [-0.15, -0.1) is 0 Å². The van der Waals surface area contributed by atoms with Crippen molar-refractivity contribution in [1.29, 1.82) is 0 Å². The zero-order chi connectivity index (χ0) is 9.05. The maximum atomic E-state index is 5.87. The molecule has 66 valence electrons. The fourth-order valence-electron chi connectivity index (χ4n) is 2.22. The molecule has 1 aromatic rings. The van der Waals surface area contributed by atoms with Gasteiger partial charge in [-0.1, -0.05) is 34.1 Å². The van der Waals surface area contributed by atoms with Crippen molar-refractivity contribution in [1.82, 2.24) is 0 Å². The Balaban J connectivity index is 2.34. The van der Waals surface area contributed by atoms with Gasteiger partial charge in [-0.05, 0) is 24.6 Å². The molecule has 2 heterocycles. The van der Waals surface area contributed by atoms with E-state index in [2.05, 4.69) is 53.2 Å². The van der Waals surface area contributed by atoms with E-state index in [0.717, 1.165) is 4.47 Å². The molecule has 0 spiro atoms. The summed E-state index contributed by atoms with van der Waals surface area (Å²) in [5.74, 6) is 0. The van der Waals surface area contributed by atoms with Gasteiger partial charge >= 0.3 is 0 Å². The van der Waals surface area contributed by atoms with E-state index in [4.69, 9.17) is 4.74 Å². The van der Waals surface area contributed by atoms with Crippen LogP contribution >= 0.6 is 15.9 Å². The van der Waals surface area contributed by atoms with Crippen molar-refractivity contribution >= 4 is 15.9 Å². The van der Waals surface area contributed by atoms with Gasteiger partial charge in [0.1, 0.15) is 11.7 Å². The van der Waals surface area contributed by atoms with E-state index in [0.29, 0.717) is 0 Å². The van der Waals surface area contributed by atoms with Crippen molar-refractivity contribution in [2.24, 2.45) is 0 Å². The molecule has 1 aromatic carbocycles. The first-order valence-corrected chi connectivity index (χ1v) is 5.16. The third-order valence-corrected chi connectivity index (χ3v) is 3.47. The lowest BCUT2D eigenvalue weighted by atomic mass is 9.89. The van der Waals surface area contributed by atoms with E-state index in [1.165, 1.54) is 11.1 Å². The Labute approximate surface area is 85.5 Å². The lowest BCUT2D eigenvalue weighted by Gasteiger charge is -2.19. The first-order chi connectivity index (χ1) is 6.21. The van der Waals surface area contributed by atoms with Crippen LogP contribution < -0.4 is 0 Å². The van der Waals surface area contributed by atoms with Crippen LogP contribution in [0.3, 0.4) is 0 Å². The Morgan fingerprint density at radius 2 is 2.31 bits per heavy atom. The van der Waals surface area contributed by atoms with Crippen LogP contribution in [0.2, 0.25) is 0 Å². The SMILES string of the molecule is CC12C=CC(O1)c1cccc(Br)c12. The van der Waals surface area contributed by atoms with Gasteiger partial charge in [0.15, 0.2) is 0 Å². The smallest absolute Gasteiger partial charge is 0.111 e. The van der Waals surface area contributed by atoms with E-state index >= 15 is 0 Å². The highest BCUT2D eigenvalue weighted by molar-refractivity contribution is 9.10. The summed E-state index contributed by atoms with van der Waals surface area (Å²) in [4.78, 5) is 0. The minimum absolute atomic E-state index is 0.178. The molecule has 2 atom stereocenters. The summed E-state index contributed by atoms with van der Waals surface area (Å²) in [6.45, 7) is 2.11. The van der Waals surface area contributed by atoms with Crippen molar-refractivity contribution in [3.8, 4) is 0 Å². The van der Waals surface area contributed by atoms with Gasteiger partial charge in [0.25, 0.3) is 0 Å². The highest BCUT2D eigenvalue weighted by Crippen LogP contribution is 2.52. The second kappa shape index (κ2) is 2.25. The number of halogens is 1. The predicted octanol–water partition coefficient (Wildman–Crippen LogP) is 3.31. The highest BCUT2D eigenvalue weighted by Gasteiger charge is 2.44. The van der Waals surface area contributed by atoms with Crippen molar-refractivity contribution < 1.29 is 4.74 Å². The fraction of sp³-hybridized carbons (Fsp3) is 0.273. The van der Waals surface area contributed by atoms with E-state index in [1.54, 1.807) is 0 Å². The molecule has 0 saturated heterocycles. The number of fused-ring (bicyclic) bond motifs is 5. The largest absolute Gasteiger partial charge is 0.354 e.